The molecule has 0 amide bonds. The van der Waals surface area contributed by atoms with Gasteiger partial charge in [0, 0.05) is 25.1 Å². The van der Waals surface area contributed by atoms with Gasteiger partial charge in [-0.3, -0.25) is 0 Å². The SMILES string of the molecule is CCOCCN(CC)CC(C)(CO)c1ccccc1. The van der Waals surface area contributed by atoms with Crippen LogP contribution >= 0.6 is 0 Å². The van der Waals surface area contributed by atoms with Gasteiger partial charge in [0.05, 0.1) is 13.2 Å². The highest BCUT2D eigenvalue weighted by Crippen LogP contribution is 2.24. The number of nitrogens with zero attached hydrogens (tertiary/aromatic N) is 1. The minimum Gasteiger partial charge on any atom is -0.395 e. The molecule has 0 heterocycles. The Morgan fingerprint density at radius 1 is 1.21 bits per heavy atom. The van der Waals surface area contributed by atoms with Crippen molar-refractivity contribution in [1.82, 2.24) is 4.90 Å². The number of hydrogen-bond donors (Lipinski definition) is 1. The Kier molecular flexibility index (Phi) is 7.06. The maximum Gasteiger partial charge on any atom is 0.0593 e. The van der Waals surface area contributed by atoms with Crippen molar-refractivity contribution in [2.45, 2.75) is 26.2 Å². The molecular formula is C16H27NO2. The molecule has 0 radical (unpaired) electrons. The van der Waals surface area contributed by atoms with E-state index in [9.17, 15) is 5.11 Å². The molecule has 0 bridgehead atoms. The molecular weight excluding hydrogens is 238 g/mol. The van der Waals surface area contributed by atoms with Crippen LogP contribution in [-0.2, 0) is 10.2 Å². The second kappa shape index (κ2) is 8.31. The molecule has 0 aliphatic heterocycles. The van der Waals surface area contributed by atoms with Gasteiger partial charge in [0.25, 0.3) is 0 Å². The Hall–Kier alpha value is -0.900. The van der Waals surface area contributed by atoms with E-state index in [0.29, 0.717) is 0 Å². The van der Waals surface area contributed by atoms with E-state index >= 15 is 0 Å². The summed E-state index contributed by atoms with van der Waals surface area (Å²) in [6, 6.07) is 10.2. The molecule has 0 saturated carbocycles. The summed E-state index contributed by atoms with van der Waals surface area (Å²) >= 11 is 0. The van der Waals surface area contributed by atoms with Gasteiger partial charge in [-0.1, -0.05) is 44.2 Å². The van der Waals surface area contributed by atoms with Crippen molar-refractivity contribution < 1.29 is 9.84 Å². The minimum absolute atomic E-state index is 0.155. The molecule has 1 aromatic carbocycles. The molecule has 19 heavy (non-hydrogen) atoms. The van der Waals surface area contributed by atoms with E-state index in [0.717, 1.165) is 32.8 Å². The first-order chi connectivity index (χ1) is 9.16. The molecule has 0 aliphatic carbocycles. The van der Waals surface area contributed by atoms with E-state index in [4.69, 9.17) is 4.74 Å². The molecule has 1 aromatic rings. The Morgan fingerprint density at radius 2 is 1.89 bits per heavy atom. The highest BCUT2D eigenvalue weighted by Gasteiger charge is 2.27. The number of benzene rings is 1. The van der Waals surface area contributed by atoms with Gasteiger partial charge in [-0.15, -0.1) is 0 Å². The van der Waals surface area contributed by atoms with E-state index in [2.05, 4.69) is 30.9 Å². The fourth-order valence-corrected chi connectivity index (χ4v) is 2.25. The van der Waals surface area contributed by atoms with Crippen LogP contribution in [0.4, 0.5) is 0 Å². The van der Waals surface area contributed by atoms with Crippen molar-refractivity contribution in [2.75, 3.05) is 39.5 Å². The van der Waals surface area contributed by atoms with Gasteiger partial charge < -0.3 is 14.7 Å². The van der Waals surface area contributed by atoms with Gasteiger partial charge in [-0.05, 0) is 19.0 Å². The zero-order chi connectivity index (χ0) is 14.1. The molecule has 0 aromatic heterocycles. The van der Waals surface area contributed by atoms with Gasteiger partial charge in [0.2, 0.25) is 0 Å². The van der Waals surface area contributed by atoms with Crippen molar-refractivity contribution in [3.05, 3.63) is 35.9 Å². The van der Waals surface area contributed by atoms with Crippen molar-refractivity contribution in [1.29, 1.82) is 0 Å². The van der Waals surface area contributed by atoms with Crippen LogP contribution in [0.25, 0.3) is 0 Å². The number of rotatable bonds is 9. The highest BCUT2D eigenvalue weighted by molar-refractivity contribution is 5.25. The number of aliphatic hydroxyl groups is 1. The summed E-state index contributed by atoms with van der Waals surface area (Å²) in [5, 5.41) is 9.80. The van der Waals surface area contributed by atoms with Gasteiger partial charge in [0.1, 0.15) is 0 Å². The van der Waals surface area contributed by atoms with Gasteiger partial charge in [0.15, 0.2) is 0 Å². The molecule has 108 valence electrons. The molecule has 1 atom stereocenters. The Morgan fingerprint density at radius 3 is 2.42 bits per heavy atom. The molecule has 0 aliphatic rings. The quantitative estimate of drug-likeness (QED) is 0.695. The topological polar surface area (TPSA) is 32.7 Å². The molecule has 1 N–H and O–H groups in total. The highest BCUT2D eigenvalue weighted by atomic mass is 16.5. The molecule has 1 unspecified atom stereocenters. The number of likely N-dealkylation sites (N-methyl/N-ethyl adjacent to an activating group) is 1. The lowest BCUT2D eigenvalue weighted by Gasteiger charge is -2.34. The van der Waals surface area contributed by atoms with Crippen LogP contribution in [0.5, 0.6) is 0 Å². The number of ether oxygens (including phenoxy) is 1. The normalized spacial score (nSPS) is 14.6. The summed E-state index contributed by atoms with van der Waals surface area (Å²) in [6.45, 7) is 10.7. The smallest absolute Gasteiger partial charge is 0.0593 e. The Labute approximate surface area is 117 Å². The van der Waals surface area contributed by atoms with Crippen LogP contribution in [0.1, 0.15) is 26.3 Å². The summed E-state index contributed by atoms with van der Waals surface area (Å²) in [5.74, 6) is 0. The lowest BCUT2D eigenvalue weighted by atomic mass is 9.82. The number of aliphatic hydroxyl groups excluding tert-OH is 1. The average molecular weight is 265 g/mol. The van der Waals surface area contributed by atoms with Crippen molar-refractivity contribution in [2.24, 2.45) is 0 Å². The second-order valence-corrected chi connectivity index (χ2v) is 5.15. The van der Waals surface area contributed by atoms with Crippen LogP contribution < -0.4 is 0 Å². The largest absolute Gasteiger partial charge is 0.395 e. The molecule has 0 saturated heterocycles. The molecule has 1 rings (SSSR count). The maximum absolute atomic E-state index is 9.80. The Balaban J connectivity index is 2.68. The molecule has 3 nitrogen and oxygen atoms in total. The standard InChI is InChI=1S/C16H27NO2/c1-4-17(11-12-19-5-2)13-16(3,14-18)15-9-7-6-8-10-15/h6-10,18H,4-5,11-14H2,1-3H3. The summed E-state index contributed by atoms with van der Waals surface area (Å²) < 4.78 is 5.42. The van der Waals surface area contributed by atoms with E-state index in [1.165, 1.54) is 5.56 Å². The Bertz CT molecular complexity index is 342. The maximum atomic E-state index is 9.80. The summed E-state index contributed by atoms with van der Waals surface area (Å²) in [4.78, 5) is 2.33. The van der Waals surface area contributed by atoms with Crippen LogP contribution in [0.2, 0.25) is 0 Å². The predicted molar refractivity (Wildman–Crippen MR) is 79.5 cm³/mol. The summed E-state index contributed by atoms with van der Waals surface area (Å²) in [5.41, 5.74) is 0.969. The summed E-state index contributed by atoms with van der Waals surface area (Å²) in [7, 11) is 0. The van der Waals surface area contributed by atoms with Gasteiger partial charge in [-0.2, -0.15) is 0 Å². The van der Waals surface area contributed by atoms with E-state index in [-0.39, 0.29) is 12.0 Å². The van der Waals surface area contributed by atoms with Crippen LogP contribution in [-0.4, -0.2) is 49.5 Å². The third-order valence-electron chi connectivity index (χ3n) is 3.60. The van der Waals surface area contributed by atoms with Crippen LogP contribution in [0.15, 0.2) is 30.3 Å². The van der Waals surface area contributed by atoms with Crippen molar-refractivity contribution in [3.63, 3.8) is 0 Å². The first kappa shape index (κ1) is 16.2. The van der Waals surface area contributed by atoms with Gasteiger partial charge in [-0.25, -0.2) is 0 Å². The van der Waals surface area contributed by atoms with Crippen molar-refractivity contribution >= 4 is 0 Å². The monoisotopic (exact) mass is 265 g/mol. The third kappa shape index (κ3) is 4.94. The molecule has 0 fully saturated rings. The fraction of sp³-hybridized carbons (Fsp3) is 0.625. The zero-order valence-corrected chi connectivity index (χ0v) is 12.4. The first-order valence-electron chi connectivity index (χ1n) is 7.12. The lowest BCUT2D eigenvalue weighted by Crippen LogP contribution is -2.42. The third-order valence-corrected chi connectivity index (χ3v) is 3.60. The predicted octanol–water partition coefficient (Wildman–Crippen LogP) is 2.29. The van der Waals surface area contributed by atoms with E-state index in [1.807, 2.05) is 25.1 Å². The lowest BCUT2D eigenvalue weighted by molar-refractivity contribution is 0.0931. The summed E-state index contributed by atoms with van der Waals surface area (Å²) in [6.07, 6.45) is 0. The average Bonchev–Trinajstić information content (AvgIpc) is 2.47. The van der Waals surface area contributed by atoms with E-state index < -0.39 is 0 Å². The van der Waals surface area contributed by atoms with Gasteiger partial charge >= 0.3 is 0 Å². The van der Waals surface area contributed by atoms with E-state index in [1.54, 1.807) is 0 Å². The zero-order valence-electron chi connectivity index (χ0n) is 12.4. The fourth-order valence-electron chi connectivity index (χ4n) is 2.25. The molecule has 3 heteroatoms. The first-order valence-corrected chi connectivity index (χ1v) is 7.12. The van der Waals surface area contributed by atoms with Crippen LogP contribution in [0, 0.1) is 0 Å². The number of hydrogen-bond acceptors (Lipinski definition) is 3. The minimum atomic E-state index is -0.219. The molecule has 0 spiro atoms. The van der Waals surface area contributed by atoms with Crippen LogP contribution in [0.3, 0.4) is 0 Å². The van der Waals surface area contributed by atoms with Crippen molar-refractivity contribution in [3.8, 4) is 0 Å². The second-order valence-electron chi connectivity index (χ2n) is 5.15.